The molecule has 1 amide bonds. The van der Waals surface area contributed by atoms with Crippen LogP contribution in [0.25, 0.3) is 0 Å². The number of hydrogen-bond acceptors (Lipinski definition) is 3. The van der Waals surface area contributed by atoms with Crippen LogP contribution in [0.5, 0.6) is 5.75 Å². The molecule has 0 saturated heterocycles. The zero-order valence-electron chi connectivity index (χ0n) is 14.9. The van der Waals surface area contributed by atoms with E-state index in [-0.39, 0.29) is 5.91 Å². The van der Waals surface area contributed by atoms with E-state index >= 15 is 0 Å². The zero-order chi connectivity index (χ0) is 19.1. The highest BCUT2D eigenvalue weighted by atomic mass is 35.5. The molecular weight excluding hydrogens is 360 g/mol. The highest BCUT2D eigenvalue weighted by Crippen LogP contribution is 2.19. The van der Waals surface area contributed by atoms with Crippen LogP contribution < -0.4 is 10.2 Å². The number of nitrogens with zero attached hydrogens (tertiary/aromatic N) is 1. The molecule has 0 fully saturated rings. The first-order chi connectivity index (χ1) is 13.1. The van der Waals surface area contributed by atoms with Gasteiger partial charge in [0.2, 0.25) is 0 Å². The second kappa shape index (κ2) is 9.01. The highest BCUT2D eigenvalue weighted by molar-refractivity contribution is 6.30. The Hall–Kier alpha value is -3.11. The monoisotopic (exact) mass is 378 g/mol. The summed E-state index contributed by atoms with van der Waals surface area (Å²) in [5.41, 5.74) is 5.62. The number of hydrazone groups is 1. The minimum atomic E-state index is -0.327. The van der Waals surface area contributed by atoms with Gasteiger partial charge in [0.1, 0.15) is 12.4 Å². The average molecular weight is 379 g/mol. The van der Waals surface area contributed by atoms with Gasteiger partial charge in [-0.05, 0) is 42.3 Å². The lowest BCUT2D eigenvalue weighted by Crippen LogP contribution is -2.20. The Morgan fingerprint density at radius 2 is 1.63 bits per heavy atom. The Bertz CT molecular complexity index is 938. The van der Waals surface area contributed by atoms with Gasteiger partial charge in [-0.3, -0.25) is 4.79 Å². The van der Waals surface area contributed by atoms with Crippen LogP contribution in [0.1, 0.15) is 28.4 Å². The molecule has 3 aromatic carbocycles. The second-order valence-electron chi connectivity index (χ2n) is 5.92. The fraction of sp³-hybridized carbons (Fsp3) is 0.0909. The molecule has 3 rings (SSSR count). The van der Waals surface area contributed by atoms with E-state index in [1.54, 1.807) is 30.3 Å². The van der Waals surface area contributed by atoms with Crippen molar-refractivity contribution < 1.29 is 9.53 Å². The molecule has 5 heteroatoms. The molecule has 1 N–H and O–H groups in total. The Labute approximate surface area is 163 Å². The first kappa shape index (κ1) is 18.7. The van der Waals surface area contributed by atoms with Gasteiger partial charge < -0.3 is 4.74 Å². The fourth-order valence-electron chi connectivity index (χ4n) is 2.47. The van der Waals surface area contributed by atoms with E-state index in [0.717, 1.165) is 11.1 Å². The minimum Gasteiger partial charge on any atom is -0.488 e. The van der Waals surface area contributed by atoms with Crippen molar-refractivity contribution in [1.29, 1.82) is 0 Å². The summed E-state index contributed by atoms with van der Waals surface area (Å²) in [5, 5.41) is 4.83. The largest absolute Gasteiger partial charge is 0.488 e. The maximum Gasteiger partial charge on any atom is 0.275 e. The number of carbonyl (C=O) groups is 1. The highest BCUT2D eigenvalue weighted by Gasteiger charge is 2.12. The van der Waals surface area contributed by atoms with Crippen LogP contribution in [0.15, 0.2) is 84.0 Å². The van der Waals surface area contributed by atoms with E-state index < -0.39 is 0 Å². The first-order valence-electron chi connectivity index (χ1n) is 8.50. The van der Waals surface area contributed by atoms with E-state index in [0.29, 0.717) is 28.7 Å². The summed E-state index contributed by atoms with van der Waals surface area (Å²) in [6, 6.07) is 24.2. The predicted molar refractivity (Wildman–Crippen MR) is 108 cm³/mol. The summed E-state index contributed by atoms with van der Waals surface area (Å²) in [6.45, 7) is 2.21. The van der Waals surface area contributed by atoms with Gasteiger partial charge in [-0.2, -0.15) is 5.10 Å². The molecular formula is C22H19ClN2O2. The van der Waals surface area contributed by atoms with E-state index in [4.69, 9.17) is 16.3 Å². The minimum absolute atomic E-state index is 0.327. The summed E-state index contributed by atoms with van der Waals surface area (Å²) in [5.74, 6) is 0.185. The normalized spacial score (nSPS) is 11.1. The maximum atomic E-state index is 12.5. The van der Waals surface area contributed by atoms with Crippen molar-refractivity contribution in [1.82, 2.24) is 5.43 Å². The van der Waals surface area contributed by atoms with E-state index in [1.165, 1.54) is 0 Å². The molecule has 27 heavy (non-hydrogen) atoms. The number of nitrogens with one attached hydrogen (secondary N) is 1. The summed E-state index contributed by atoms with van der Waals surface area (Å²) in [6.07, 6.45) is 0. The molecule has 0 saturated carbocycles. The van der Waals surface area contributed by atoms with Gasteiger partial charge in [0.05, 0.1) is 11.3 Å². The molecule has 0 atom stereocenters. The van der Waals surface area contributed by atoms with Gasteiger partial charge >= 0.3 is 0 Å². The molecule has 0 radical (unpaired) electrons. The Balaban J connectivity index is 1.69. The van der Waals surface area contributed by atoms with E-state index in [2.05, 4.69) is 10.5 Å². The number of halogens is 1. The molecule has 0 spiro atoms. The number of amides is 1. The molecule has 0 aliphatic heterocycles. The quantitative estimate of drug-likeness (QED) is 0.480. The average Bonchev–Trinajstić information content (AvgIpc) is 2.71. The smallest absolute Gasteiger partial charge is 0.275 e. The van der Waals surface area contributed by atoms with Crippen molar-refractivity contribution in [2.45, 2.75) is 13.5 Å². The summed E-state index contributed by atoms with van der Waals surface area (Å²) < 4.78 is 5.82. The third-order valence-electron chi connectivity index (χ3n) is 3.96. The Morgan fingerprint density at radius 1 is 0.963 bits per heavy atom. The summed E-state index contributed by atoms with van der Waals surface area (Å²) in [7, 11) is 0. The van der Waals surface area contributed by atoms with Gasteiger partial charge in [-0.15, -0.1) is 0 Å². The van der Waals surface area contributed by atoms with Crippen molar-refractivity contribution in [2.75, 3.05) is 0 Å². The lowest BCUT2D eigenvalue weighted by Gasteiger charge is -2.11. The van der Waals surface area contributed by atoms with Crippen molar-refractivity contribution in [3.05, 3.63) is 101 Å². The van der Waals surface area contributed by atoms with Gasteiger partial charge in [0, 0.05) is 5.02 Å². The molecule has 0 aliphatic rings. The zero-order valence-corrected chi connectivity index (χ0v) is 15.6. The predicted octanol–water partition coefficient (Wildman–Crippen LogP) is 5.07. The molecule has 0 aliphatic carbocycles. The van der Waals surface area contributed by atoms with Gasteiger partial charge in [-0.1, -0.05) is 66.2 Å². The lowest BCUT2D eigenvalue weighted by molar-refractivity contribution is 0.0950. The van der Waals surface area contributed by atoms with E-state index in [9.17, 15) is 4.79 Å². The Morgan fingerprint density at radius 3 is 2.37 bits per heavy atom. The summed E-state index contributed by atoms with van der Waals surface area (Å²) in [4.78, 5) is 12.5. The van der Waals surface area contributed by atoms with Crippen molar-refractivity contribution in [2.24, 2.45) is 5.10 Å². The van der Waals surface area contributed by atoms with E-state index in [1.807, 2.05) is 55.5 Å². The molecule has 0 unspecified atom stereocenters. The van der Waals surface area contributed by atoms with Gasteiger partial charge in [0.25, 0.3) is 5.91 Å². The number of para-hydroxylation sites is 1. The van der Waals surface area contributed by atoms with Crippen LogP contribution in [0, 0.1) is 0 Å². The van der Waals surface area contributed by atoms with Crippen LogP contribution in [-0.2, 0) is 6.61 Å². The van der Waals surface area contributed by atoms with Gasteiger partial charge in [0.15, 0.2) is 0 Å². The SMILES string of the molecule is C/C(=N\NC(=O)c1ccccc1OCc1ccccc1)c1ccc(Cl)cc1. The molecule has 0 heterocycles. The van der Waals surface area contributed by atoms with Crippen molar-refractivity contribution >= 4 is 23.2 Å². The summed E-state index contributed by atoms with van der Waals surface area (Å²) >= 11 is 5.89. The second-order valence-corrected chi connectivity index (χ2v) is 6.35. The lowest BCUT2D eigenvalue weighted by atomic mass is 10.1. The maximum absolute atomic E-state index is 12.5. The number of benzene rings is 3. The third kappa shape index (κ3) is 5.19. The standard InChI is InChI=1S/C22H19ClN2O2/c1-16(18-11-13-19(23)14-12-18)24-25-22(26)20-9-5-6-10-21(20)27-15-17-7-3-2-4-8-17/h2-14H,15H2,1H3,(H,25,26)/b24-16+. The number of ether oxygens (including phenoxy) is 1. The van der Waals surface area contributed by atoms with Crippen LogP contribution in [0.3, 0.4) is 0 Å². The molecule has 0 bridgehead atoms. The van der Waals surface area contributed by atoms with Crippen LogP contribution in [-0.4, -0.2) is 11.6 Å². The molecule has 0 aromatic heterocycles. The molecule has 3 aromatic rings. The first-order valence-corrected chi connectivity index (χ1v) is 8.87. The molecule has 136 valence electrons. The fourth-order valence-corrected chi connectivity index (χ4v) is 2.59. The topological polar surface area (TPSA) is 50.7 Å². The van der Waals surface area contributed by atoms with Crippen LogP contribution in [0.4, 0.5) is 0 Å². The van der Waals surface area contributed by atoms with Crippen molar-refractivity contribution in [3.63, 3.8) is 0 Å². The molecule has 4 nitrogen and oxygen atoms in total. The third-order valence-corrected chi connectivity index (χ3v) is 4.21. The van der Waals surface area contributed by atoms with Crippen LogP contribution >= 0.6 is 11.6 Å². The van der Waals surface area contributed by atoms with Crippen LogP contribution in [0.2, 0.25) is 5.02 Å². The van der Waals surface area contributed by atoms with Crippen molar-refractivity contribution in [3.8, 4) is 5.75 Å². The Kier molecular flexibility index (Phi) is 6.23. The number of rotatable bonds is 6. The van der Waals surface area contributed by atoms with Gasteiger partial charge in [-0.25, -0.2) is 5.43 Å². The number of carbonyl (C=O) groups excluding carboxylic acids is 1. The number of hydrogen-bond donors (Lipinski definition) is 1.